The topological polar surface area (TPSA) is 56.5 Å². The monoisotopic (exact) mass is 360 g/mol. The van der Waals surface area contributed by atoms with E-state index in [4.69, 9.17) is 13.9 Å². The lowest BCUT2D eigenvalue weighted by Gasteiger charge is -2.12. The molecule has 1 N–H and O–H groups in total. The molecule has 4 aromatic rings. The fourth-order valence-electron chi connectivity index (χ4n) is 2.99. The van der Waals surface area contributed by atoms with Crippen molar-refractivity contribution in [1.29, 1.82) is 0 Å². The number of rotatable bonds is 6. The van der Waals surface area contributed by atoms with Crippen LogP contribution in [0.3, 0.4) is 0 Å². The van der Waals surface area contributed by atoms with Gasteiger partial charge in [0.25, 0.3) is 0 Å². The van der Waals surface area contributed by atoms with Crippen LogP contribution in [0, 0.1) is 0 Å². The number of fused-ring (bicyclic) bond motifs is 1. The molecule has 0 amide bonds. The molecule has 0 aliphatic heterocycles. The SMILES string of the molecule is COc1ccc(CNc2cccc(-c3cc4cccnc4o3)c2)c(OC)c1. The number of ether oxygens (including phenoxy) is 2. The van der Waals surface area contributed by atoms with Crippen molar-refractivity contribution in [2.24, 2.45) is 0 Å². The minimum atomic E-state index is 0.637. The lowest BCUT2D eigenvalue weighted by Crippen LogP contribution is -2.02. The van der Waals surface area contributed by atoms with Gasteiger partial charge in [0.15, 0.2) is 0 Å². The highest BCUT2D eigenvalue weighted by molar-refractivity contribution is 5.80. The molecule has 136 valence electrons. The normalized spacial score (nSPS) is 10.7. The Hall–Kier alpha value is -3.47. The van der Waals surface area contributed by atoms with Crippen LogP contribution >= 0.6 is 0 Å². The van der Waals surface area contributed by atoms with Gasteiger partial charge in [-0.05, 0) is 42.5 Å². The summed E-state index contributed by atoms with van der Waals surface area (Å²) in [5, 5.41) is 4.43. The molecule has 0 radical (unpaired) electrons. The molecule has 0 bridgehead atoms. The molecule has 0 saturated carbocycles. The molecular weight excluding hydrogens is 340 g/mol. The summed E-state index contributed by atoms with van der Waals surface area (Å²) in [4.78, 5) is 4.25. The second kappa shape index (κ2) is 7.41. The quantitative estimate of drug-likeness (QED) is 0.517. The van der Waals surface area contributed by atoms with Gasteiger partial charge in [-0.2, -0.15) is 0 Å². The number of nitrogens with zero attached hydrogens (tertiary/aromatic N) is 1. The molecule has 5 heteroatoms. The summed E-state index contributed by atoms with van der Waals surface area (Å²) in [6, 6.07) is 19.8. The zero-order chi connectivity index (χ0) is 18.6. The van der Waals surface area contributed by atoms with E-state index in [1.807, 2.05) is 54.6 Å². The standard InChI is InChI=1S/C22H20N2O3/c1-25-19-9-8-17(20(13-19)26-2)14-24-18-7-3-5-15(11-18)21-12-16-6-4-10-23-22(16)27-21/h3-13,24H,14H2,1-2H3. The number of furan rings is 1. The molecule has 27 heavy (non-hydrogen) atoms. The molecule has 0 saturated heterocycles. The summed E-state index contributed by atoms with van der Waals surface area (Å²) in [7, 11) is 3.31. The Labute approximate surface area is 157 Å². The Morgan fingerprint density at radius 2 is 1.89 bits per heavy atom. The Kier molecular flexibility index (Phi) is 4.66. The van der Waals surface area contributed by atoms with E-state index in [-0.39, 0.29) is 0 Å². The van der Waals surface area contributed by atoms with Crippen molar-refractivity contribution in [2.75, 3.05) is 19.5 Å². The predicted molar refractivity (Wildman–Crippen MR) is 106 cm³/mol. The second-order valence-electron chi connectivity index (χ2n) is 6.12. The van der Waals surface area contributed by atoms with Crippen LogP contribution in [0.15, 0.2) is 71.3 Å². The maximum atomic E-state index is 5.86. The number of methoxy groups -OCH3 is 2. The van der Waals surface area contributed by atoms with E-state index in [2.05, 4.69) is 16.4 Å². The number of anilines is 1. The summed E-state index contributed by atoms with van der Waals surface area (Å²) in [6.45, 7) is 0.637. The van der Waals surface area contributed by atoms with Gasteiger partial charge in [-0.25, -0.2) is 4.98 Å². The molecule has 0 unspecified atom stereocenters. The van der Waals surface area contributed by atoms with Crippen molar-refractivity contribution in [3.05, 3.63) is 72.4 Å². The molecule has 5 nitrogen and oxygen atoms in total. The van der Waals surface area contributed by atoms with Crippen molar-refractivity contribution < 1.29 is 13.9 Å². The molecule has 2 aromatic heterocycles. The van der Waals surface area contributed by atoms with Gasteiger partial charge < -0.3 is 19.2 Å². The molecule has 0 aliphatic rings. The van der Waals surface area contributed by atoms with Crippen LogP contribution in [0.2, 0.25) is 0 Å². The van der Waals surface area contributed by atoms with Crippen LogP contribution in [0.1, 0.15) is 5.56 Å². The number of pyridine rings is 1. The average molecular weight is 360 g/mol. The van der Waals surface area contributed by atoms with Crippen LogP contribution in [0.4, 0.5) is 5.69 Å². The Balaban J connectivity index is 1.55. The first-order chi connectivity index (χ1) is 13.3. The molecule has 2 aromatic carbocycles. The minimum Gasteiger partial charge on any atom is -0.497 e. The Bertz CT molecular complexity index is 1040. The van der Waals surface area contributed by atoms with Crippen molar-refractivity contribution in [1.82, 2.24) is 4.98 Å². The van der Waals surface area contributed by atoms with Gasteiger partial charge in [0.2, 0.25) is 5.71 Å². The molecule has 2 heterocycles. The maximum Gasteiger partial charge on any atom is 0.226 e. The zero-order valence-electron chi connectivity index (χ0n) is 15.2. The number of benzene rings is 2. The van der Waals surface area contributed by atoms with Gasteiger partial charge in [-0.15, -0.1) is 0 Å². The average Bonchev–Trinajstić information content (AvgIpc) is 3.16. The molecule has 0 aliphatic carbocycles. The number of nitrogens with one attached hydrogen (secondary N) is 1. The van der Waals surface area contributed by atoms with Crippen molar-refractivity contribution in [3.8, 4) is 22.8 Å². The summed E-state index contributed by atoms with van der Waals surface area (Å²) >= 11 is 0. The Morgan fingerprint density at radius 3 is 2.70 bits per heavy atom. The highest BCUT2D eigenvalue weighted by Gasteiger charge is 2.08. The molecular formula is C22H20N2O3. The lowest BCUT2D eigenvalue weighted by molar-refractivity contribution is 0.391. The largest absolute Gasteiger partial charge is 0.497 e. The summed E-state index contributed by atoms with van der Waals surface area (Å²) < 4.78 is 16.6. The maximum absolute atomic E-state index is 5.86. The van der Waals surface area contributed by atoms with E-state index in [0.717, 1.165) is 39.5 Å². The molecule has 4 rings (SSSR count). The first-order valence-electron chi connectivity index (χ1n) is 8.66. The first kappa shape index (κ1) is 17.0. The smallest absolute Gasteiger partial charge is 0.226 e. The van der Waals surface area contributed by atoms with Crippen molar-refractivity contribution >= 4 is 16.8 Å². The van der Waals surface area contributed by atoms with Gasteiger partial charge in [0, 0.05) is 41.0 Å². The minimum absolute atomic E-state index is 0.637. The molecule has 0 atom stereocenters. The zero-order valence-corrected chi connectivity index (χ0v) is 15.2. The van der Waals surface area contributed by atoms with E-state index in [0.29, 0.717) is 12.3 Å². The molecule has 0 spiro atoms. The summed E-state index contributed by atoms with van der Waals surface area (Å²) in [5.41, 5.74) is 3.70. The van der Waals surface area contributed by atoms with E-state index >= 15 is 0 Å². The van der Waals surface area contributed by atoms with Crippen LogP contribution in [0.25, 0.3) is 22.4 Å². The Morgan fingerprint density at radius 1 is 0.963 bits per heavy atom. The predicted octanol–water partition coefficient (Wildman–Crippen LogP) is 5.12. The van der Waals surface area contributed by atoms with Gasteiger partial charge in [0.05, 0.1) is 14.2 Å². The first-order valence-corrected chi connectivity index (χ1v) is 8.66. The van der Waals surface area contributed by atoms with Crippen LogP contribution in [-0.2, 0) is 6.54 Å². The van der Waals surface area contributed by atoms with Gasteiger partial charge >= 0.3 is 0 Å². The summed E-state index contributed by atoms with van der Waals surface area (Å²) in [6.07, 6.45) is 1.73. The highest BCUT2D eigenvalue weighted by atomic mass is 16.5. The third-order valence-corrected chi connectivity index (χ3v) is 4.42. The lowest BCUT2D eigenvalue weighted by atomic mass is 10.1. The van der Waals surface area contributed by atoms with E-state index < -0.39 is 0 Å². The van der Waals surface area contributed by atoms with E-state index in [1.54, 1.807) is 20.4 Å². The number of aromatic nitrogens is 1. The van der Waals surface area contributed by atoms with Crippen LogP contribution < -0.4 is 14.8 Å². The van der Waals surface area contributed by atoms with E-state index in [1.165, 1.54) is 0 Å². The van der Waals surface area contributed by atoms with E-state index in [9.17, 15) is 0 Å². The second-order valence-corrected chi connectivity index (χ2v) is 6.12. The van der Waals surface area contributed by atoms with Crippen LogP contribution in [-0.4, -0.2) is 19.2 Å². The van der Waals surface area contributed by atoms with Crippen molar-refractivity contribution in [3.63, 3.8) is 0 Å². The van der Waals surface area contributed by atoms with Gasteiger partial charge in [0.1, 0.15) is 17.3 Å². The third kappa shape index (κ3) is 3.58. The van der Waals surface area contributed by atoms with Gasteiger partial charge in [-0.1, -0.05) is 12.1 Å². The number of hydrogen-bond donors (Lipinski definition) is 1. The third-order valence-electron chi connectivity index (χ3n) is 4.42. The number of hydrogen-bond acceptors (Lipinski definition) is 5. The molecule has 0 fully saturated rings. The summed E-state index contributed by atoms with van der Waals surface area (Å²) in [5.74, 6) is 2.37. The fourth-order valence-corrected chi connectivity index (χ4v) is 2.99. The highest BCUT2D eigenvalue weighted by Crippen LogP contribution is 2.29. The van der Waals surface area contributed by atoms with Crippen molar-refractivity contribution in [2.45, 2.75) is 6.54 Å². The van der Waals surface area contributed by atoms with Gasteiger partial charge in [-0.3, -0.25) is 0 Å². The van der Waals surface area contributed by atoms with Crippen LogP contribution in [0.5, 0.6) is 11.5 Å². The fraction of sp³-hybridized carbons (Fsp3) is 0.136.